The van der Waals surface area contributed by atoms with E-state index in [9.17, 15) is 5.11 Å². The molecule has 1 aromatic carbocycles. The van der Waals surface area contributed by atoms with Gasteiger partial charge in [-0.15, -0.1) is 0 Å². The monoisotopic (exact) mass is 257 g/mol. The summed E-state index contributed by atoms with van der Waals surface area (Å²) in [6.45, 7) is 2.97. The molecule has 0 aromatic heterocycles. The van der Waals surface area contributed by atoms with Gasteiger partial charge in [-0.05, 0) is 55.1 Å². The third-order valence-electron chi connectivity index (χ3n) is 5.30. The molecule has 1 aromatic rings. The minimum Gasteiger partial charge on any atom is -0.387 e. The van der Waals surface area contributed by atoms with Crippen LogP contribution in [0.5, 0.6) is 0 Å². The van der Waals surface area contributed by atoms with Gasteiger partial charge in [-0.25, -0.2) is 0 Å². The molecule has 4 rings (SSSR count). The number of aliphatic hydroxyl groups is 1. The van der Waals surface area contributed by atoms with Crippen molar-refractivity contribution in [1.29, 1.82) is 0 Å². The quantitative estimate of drug-likeness (QED) is 0.899. The standard InChI is InChI=1S/C17H23NO/c19-17(15-8-9-15)11-18(12-17)10-14-6-3-5-13-4-1-2-7-16(13)14/h1-2,4,7,14-15,19H,3,5-6,8-12H2. The molecule has 1 N–H and O–H groups in total. The zero-order chi connectivity index (χ0) is 12.9. The molecular formula is C17H23NO. The highest BCUT2D eigenvalue weighted by Gasteiger charge is 2.51. The van der Waals surface area contributed by atoms with Crippen molar-refractivity contribution in [3.63, 3.8) is 0 Å². The zero-order valence-electron chi connectivity index (χ0n) is 11.5. The maximum Gasteiger partial charge on any atom is 0.0928 e. The van der Waals surface area contributed by atoms with Crippen molar-refractivity contribution in [1.82, 2.24) is 4.90 Å². The summed E-state index contributed by atoms with van der Waals surface area (Å²) in [5, 5.41) is 10.4. The van der Waals surface area contributed by atoms with Crippen LogP contribution in [0.15, 0.2) is 24.3 Å². The predicted octanol–water partition coefficient (Wildman–Crippen LogP) is 2.56. The van der Waals surface area contributed by atoms with Gasteiger partial charge in [-0.2, -0.15) is 0 Å². The highest BCUT2D eigenvalue weighted by molar-refractivity contribution is 5.33. The minimum atomic E-state index is -0.325. The smallest absolute Gasteiger partial charge is 0.0928 e. The summed E-state index contributed by atoms with van der Waals surface area (Å²) in [5.41, 5.74) is 2.79. The fraction of sp³-hybridized carbons (Fsp3) is 0.647. The SMILES string of the molecule is OC1(C2CC2)CN(CC2CCCc3ccccc32)C1. The van der Waals surface area contributed by atoms with Crippen molar-refractivity contribution < 1.29 is 5.11 Å². The van der Waals surface area contributed by atoms with Crippen LogP contribution in [-0.2, 0) is 6.42 Å². The van der Waals surface area contributed by atoms with Crippen molar-refractivity contribution in [2.45, 2.75) is 43.6 Å². The Balaban J connectivity index is 1.42. The van der Waals surface area contributed by atoms with Gasteiger partial charge >= 0.3 is 0 Å². The fourth-order valence-corrected chi connectivity index (χ4v) is 4.09. The molecule has 2 aliphatic carbocycles. The number of nitrogens with zero attached hydrogens (tertiary/aromatic N) is 1. The highest BCUT2D eigenvalue weighted by Crippen LogP contribution is 2.45. The van der Waals surface area contributed by atoms with Crippen molar-refractivity contribution in [2.24, 2.45) is 5.92 Å². The van der Waals surface area contributed by atoms with E-state index < -0.39 is 0 Å². The van der Waals surface area contributed by atoms with Crippen LogP contribution in [0, 0.1) is 5.92 Å². The van der Waals surface area contributed by atoms with Crippen molar-refractivity contribution in [3.8, 4) is 0 Å². The normalized spacial score (nSPS) is 29.6. The van der Waals surface area contributed by atoms with Crippen LogP contribution >= 0.6 is 0 Å². The van der Waals surface area contributed by atoms with Gasteiger partial charge in [0.15, 0.2) is 0 Å². The molecule has 1 saturated carbocycles. The molecular weight excluding hydrogens is 234 g/mol. The summed E-state index contributed by atoms with van der Waals surface area (Å²) in [6.07, 6.45) is 6.38. The molecule has 0 amide bonds. The Morgan fingerprint density at radius 1 is 1.16 bits per heavy atom. The fourth-order valence-electron chi connectivity index (χ4n) is 4.09. The van der Waals surface area contributed by atoms with Crippen LogP contribution in [0.4, 0.5) is 0 Å². The molecule has 2 heteroatoms. The van der Waals surface area contributed by atoms with Gasteiger partial charge in [0, 0.05) is 19.6 Å². The molecule has 1 unspecified atom stereocenters. The van der Waals surface area contributed by atoms with E-state index in [0.29, 0.717) is 11.8 Å². The molecule has 3 aliphatic rings. The van der Waals surface area contributed by atoms with Crippen molar-refractivity contribution in [3.05, 3.63) is 35.4 Å². The lowest BCUT2D eigenvalue weighted by atomic mass is 9.80. The average Bonchev–Trinajstić information content (AvgIpc) is 3.22. The maximum absolute atomic E-state index is 10.4. The highest BCUT2D eigenvalue weighted by atomic mass is 16.3. The second kappa shape index (κ2) is 4.32. The number of benzene rings is 1. The van der Waals surface area contributed by atoms with E-state index >= 15 is 0 Å². The second-order valence-electron chi connectivity index (χ2n) is 6.84. The van der Waals surface area contributed by atoms with Gasteiger partial charge in [0.05, 0.1) is 5.60 Å². The first kappa shape index (κ1) is 11.9. The Bertz CT molecular complexity index is 474. The lowest BCUT2D eigenvalue weighted by Gasteiger charge is -2.48. The van der Waals surface area contributed by atoms with Crippen LogP contribution in [0.2, 0.25) is 0 Å². The van der Waals surface area contributed by atoms with Crippen LogP contribution in [0.25, 0.3) is 0 Å². The molecule has 102 valence electrons. The molecule has 0 spiro atoms. The van der Waals surface area contributed by atoms with Gasteiger partial charge in [-0.3, -0.25) is 4.90 Å². The second-order valence-corrected chi connectivity index (χ2v) is 6.84. The topological polar surface area (TPSA) is 23.5 Å². The summed E-state index contributed by atoms with van der Waals surface area (Å²) in [4.78, 5) is 2.46. The Morgan fingerprint density at radius 2 is 1.95 bits per heavy atom. The van der Waals surface area contributed by atoms with E-state index in [1.807, 2.05) is 0 Å². The third kappa shape index (κ3) is 2.11. The number of likely N-dealkylation sites (tertiary alicyclic amines) is 1. The van der Waals surface area contributed by atoms with Crippen LogP contribution in [0.3, 0.4) is 0 Å². The average molecular weight is 257 g/mol. The van der Waals surface area contributed by atoms with Crippen LogP contribution in [-0.4, -0.2) is 35.2 Å². The first-order valence-corrected chi connectivity index (χ1v) is 7.77. The molecule has 19 heavy (non-hydrogen) atoms. The third-order valence-corrected chi connectivity index (χ3v) is 5.30. The zero-order valence-corrected chi connectivity index (χ0v) is 11.5. The molecule has 1 saturated heterocycles. The largest absolute Gasteiger partial charge is 0.387 e. The number of hydrogen-bond acceptors (Lipinski definition) is 2. The van der Waals surface area contributed by atoms with Crippen LogP contribution in [0.1, 0.15) is 42.7 Å². The molecule has 2 fully saturated rings. The first-order valence-electron chi connectivity index (χ1n) is 7.77. The van der Waals surface area contributed by atoms with Gasteiger partial charge in [0.2, 0.25) is 0 Å². The van der Waals surface area contributed by atoms with E-state index in [1.54, 1.807) is 11.1 Å². The van der Waals surface area contributed by atoms with E-state index in [2.05, 4.69) is 29.2 Å². The summed E-state index contributed by atoms with van der Waals surface area (Å²) in [5.74, 6) is 1.30. The van der Waals surface area contributed by atoms with E-state index in [4.69, 9.17) is 0 Å². The maximum atomic E-state index is 10.4. The Morgan fingerprint density at radius 3 is 2.74 bits per heavy atom. The molecule has 2 nitrogen and oxygen atoms in total. The summed E-state index contributed by atoms with van der Waals surface area (Å²) < 4.78 is 0. The summed E-state index contributed by atoms with van der Waals surface area (Å²) >= 11 is 0. The molecule has 1 atom stereocenters. The van der Waals surface area contributed by atoms with Gasteiger partial charge in [0.25, 0.3) is 0 Å². The number of hydrogen-bond donors (Lipinski definition) is 1. The predicted molar refractivity (Wildman–Crippen MR) is 76.2 cm³/mol. The Hall–Kier alpha value is -0.860. The van der Waals surface area contributed by atoms with Crippen molar-refractivity contribution >= 4 is 0 Å². The summed E-state index contributed by atoms with van der Waals surface area (Å²) in [6, 6.07) is 8.94. The van der Waals surface area contributed by atoms with E-state index in [1.165, 1.54) is 32.1 Å². The minimum absolute atomic E-state index is 0.325. The Kier molecular flexibility index (Phi) is 2.71. The van der Waals surface area contributed by atoms with Gasteiger partial charge in [-0.1, -0.05) is 24.3 Å². The van der Waals surface area contributed by atoms with E-state index in [-0.39, 0.29) is 5.60 Å². The van der Waals surface area contributed by atoms with E-state index in [0.717, 1.165) is 19.6 Å². The summed E-state index contributed by atoms with van der Waals surface area (Å²) in [7, 11) is 0. The lowest BCUT2D eigenvalue weighted by molar-refractivity contribution is -0.114. The number of rotatable bonds is 3. The first-order chi connectivity index (χ1) is 9.24. The molecule has 0 radical (unpaired) electrons. The number of fused-ring (bicyclic) bond motifs is 1. The Labute approximate surface area is 115 Å². The number of aryl methyl sites for hydroxylation is 1. The molecule has 1 heterocycles. The van der Waals surface area contributed by atoms with Gasteiger partial charge < -0.3 is 5.11 Å². The van der Waals surface area contributed by atoms with Crippen LogP contribution < -0.4 is 0 Å². The molecule has 0 bridgehead atoms. The number of β-amino-alcohol motifs (C(OH)–C–C–N with tert-alkyl or cyclic N) is 1. The van der Waals surface area contributed by atoms with Gasteiger partial charge in [0.1, 0.15) is 0 Å². The molecule has 1 aliphatic heterocycles. The van der Waals surface area contributed by atoms with Crippen molar-refractivity contribution in [2.75, 3.05) is 19.6 Å². The lowest BCUT2D eigenvalue weighted by Crippen LogP contribution is -2.63.